The molecule has 88 valence electrons. The first-order valence-corrected chi connectivity index (χ1v) is 6.18. The molecule has 17 heavy (non-hydrogen) atoms. The van der Waals surface area contributed by atoms with Crippen molar-refractivity contribution in [2.75, 3.05) is 4.72 Å². The normalized spacial score (nSPS) is 11.1. The molecule has 2 aromatic rings. The molecule has 0 saturated carbocycles. The number of aromatic amines is 1. The average Bonchev–Trinajstić information content (AvgIpc) is 2.30. The lowest BCUT2D eigenvalue weighted by Crippen LogP contribution is -2.20. The Balaban J connectivity index is 2.39. The summed E-state index contributed by atoms with van der Waals surface area (Å²) in [4.78, 5) is 17.4. The summed E-state index contributed by atoms with van der Waals surface area (Å²) in [5.74, 6) is 0. The summed E-state index contributed by atoms with van der Waals surface area (Å²) < 4.78 is 26.0. The minimum Gasteiger partial charge on any atom is -0.366 e. The number of pyridine rings is 2. The van der Waals surface area contributed by atoms with E-state index < -0.39 is 15.5 Å². The standard InChI is InChI=1S/C10H9N3O3S/c14-9-3-5-12-7-10(9)17(15,16)13-8-2-1-4-11-6-8/h1-7,13H,(H,12,14). The van der Waals surface area contributed by atoms with Crippen LogP contribution in [0.25, 0.3) is 0 Å². The van der Waals surface area contributed by atoms with Gasteiger partial charge in [-0.1, -0.05) is 0 Å². The summed E-state index contributed by atoms with van der Waals surface area (Å²) in [5.41, 5.74) is -0.268. The van der Waals surface area contributed by atoms with Crippen LogP contribution in [0.4, 0.5) is 5.69 Å². The molecule has 0 fully saturated rings. The van der Waals surface area contributed by atoms with E-state index in [9.17, 15) is 13.2 Å². The number of rotatable bonds is 3. The highest BCUT2D eigenvalue weighted by Gasteiger charge is 2.17. The zero-order valence-electron chi connectivity index (χ0n) is 8.62. The third-order valence-electron chi connectivity index (χ3n) is 1.99. The van der Waals surface area contributed by atoms with Gasteiger partial charge in [-0.2, -0.15) is 0 Å². The van der Waals surface area contributed by atoms with Crippen LogP contribution in [0.3, 0.4) is 0 Å². The van der Waals surface area contributed by atoms with Gasteiger partial charge in [0.15, 0.2) is 4.90 Å². The van der Waals surface area contributed by atoms with Crippen LogP contribution in [-0.4, -0.2) is 18.4 Å². The second kappa shape index (κ2) is 4.38. The van der Waals surface area contributed by atoms with Gasteiger partial charge in [-0.05, 0) is 12.1 Å². The number of nitrogens with one attached hydrogen (secondary N) is 2. The molecule has 0 saturated heterocycles. The molecule has 0 aliphatic rings. The van der Waals surface area contributed by atoms with Gasteiger partial charge in [0.25, 0.3) is 10.0 Å². The number of aromatic nitrogens is 2. The highest BCUT2D eigenvalue weighted by Crippen LogP contribution is 2.10. The van der Waals surface area contributed by atoms with E-state index in [-0.39, 0.29) is 4.90 Å². The Morgan fingerprint density at radius 3 is 2.76 bits per heavy atom. The molecule has 2 rings (SSSR count). The highest BCUT2D eigenvalue weighted by molar-refractivity contribution is 7.92. The van der Waals surface area contributed by atoms with Crippen molar-refractivity contribution in [3.05, 3.63) is 53.2 Å². The molecule has 0 atom stereocenters. The van der Waals surface area contributed by atoms with Crippen molar-refractivity contribution < 1.29 is 8.42 Å². The fourth-order valence-corrected chi connectivity index (χ4v) is 2.34. The minimum atomic E-state index is -3.88. The second-order valence-electron chi connectivity index (χ2n) is 3.22. The van der Waals surface area contributed by atoms with Crippen molar-refractivity contribution >= 4 is 15.7 Å². The van der Waals surface area contributed by atoms with E-state index in [1.807, 2.05) is 0 Å². The summed E-state index contributed by atoms with van der Waals surface area (Å²) in [6.45, 7) is 0. The Morgan fingerprint density at radius 1 is 1.29 bits per heavy atom. The van der Waals surface area contributed by atoms with Crippen molar-refractivity contribution in [3.8, 4) is 0 Å². The maximum absolute atomic E-state index is 11.9. The number of hydrogen-bond acceptors (Lipinski definition) is 4. The van der Waals surface area contributed by atoms with Crippen LogP contribution in [0, 0.1) is 0 Å². The lowest BCUT2D eigenvalue weighted by Gasteiger charge is -2.06. The molecule has 0 spiro atoms. The fraction of sp³-hybridized carbons (Fsp3) is 0. The van der Waals surface area contributed by atoms with E-state index in [0.29, 0.717) is 5.69 Å². The van der Waals surface area contributed by atoms with Crippen molar-refractivity contribution in [1.82, 2.24) is 9.97 Å². The Labute approximate surface area is 97.4 Å². The predicted molar refractivity (Wildman–Crippen MR) is 62.1 cm³/mol. The van der Waals surface area contributed by atoms with Crippen molar-refractivity contribution in [2.45, 2.75) is 4.90 Å². The van der Waals surface area contributed by atoms with E-state index >= 15 is 0 Å². The monoisotopic (exact) mass is 251 g/mol. The molecule has 6 nitrogen and oxygen atoms in total. The maximum Gasteiger partial charge on any atom is 0.267 e. The van der Waals surface area contributed by atoms with Crippen LogP contribution in [0.5, 0.6) is 0 Å². The first-order chi connectivity index (χ1) is 8.09. The van der Waals surface area contributed by atoms with Gasteiger partial charge in [-0.15, -0.1) is 0 Å². The Kier molecular flexibility index (Phi) is 2.92. The van der Waals surface area contributed by atoms with Crippen molar-refractivity contribution in [2.24, 2.45) is 0 Å². The third-order valence-corrected chi connectivity index (χ3v) is 3.39. The molecule has 0 amide bonds. The highest BCUT2D eigenvalue weighted by atomic mass is 32.2. The van der Waals surface area contributed by atoms with Crippen LogP contribution < -0.4 is 10.2 Å². The molecule has 0 aliphatic carbocycles. The van der Waals surface area contributed by atoms with Crippen LogP contribution in [0.1, 0.15) is 0 Å². The minimum absolute atomic E-state index is 0.302. The second-order valence-corrected chi connectivity index (χ2v) is 4.87. The lowest BCUT2D eigenvalue weighted by molar-refractivity contribution is 0.600. The molecule has 2 aromatic heterocycles. The predicted octanol–water partition coefficient (Wildman–Crippen LogP) is 0.571. The zero-order chi connectivity index (χ0) is 12.3. The number of nitrogens with zero attached hydrogens (tertiary/aromatic N) is 1. The number of H-pyrrole nitrogens is 1. The molecular weight excluding hydrogens is 242 g/mol. The van der Waals surface area contributed by atoms with Crippen molar-refractivity contribution in [1.29, 1.82) is 0 Å². The molecule has 0 aliphatic heterocycles. The van der Waals surface area contributed by atoms with Gasteiger partial charge in [0, 0.05) is 24.7 Å². The van der Waals surface area contributed by atoms with E-state index in [2.05, 4.69) is 14.7 Å². The summed E-state index contributed by atoms with van der Waals surface area (Å²) in [5, 5.41) is 0. The van der Waals surface area contributed by atoms with Gasteiger partial charge in [0.1, 0.15) is 0 Å². The number of hydrogen-bond donors (Lipinski definition) is 2. The molecular formula is C10H9N3O3S. The molecule has 0 radical (unpaired) electrons. The first-order valence-electron chi connectivity index (χ1n) is 4.69. The number of anilines is 1. The molecule has 0 unspecified atom stereocenters. The zero-order valence-corrected chi connectivity index (χ0v) is 9.44. The van der Waals surface area contributed by atoms with Gasteiger partial charge in [0.2, 0.25) is 5.43 Å². The summed E-state index contributed by atoms with van der Waals surface area (Å²) >= 11 is 0. The Bertz CT molecular complexity index is 664. The van der Waals surface area contributed by atoms with Crippen molar-refractivity contribution in [3.63, 3.8) is 0 Å². The SMILES string of the molecule is O=c1cc[nH]cc1S(=O)(=O)Nc1cccnc1. The quantitative estimate of drug-likeness (QED) is 0.834. The van der Waals surface area contributed by atoms with Gasteiger partial charge >= 0.3 is 0 Å². The summed E-state index contributed by atoms with van der Waals surface area (Å²) in [6, 6.07) is 4.28. The molecule has 7 heteroatoms. The molecule has 0 aromatic carbocycles. The topological polar surface area (TPSA) is 91.9 Å². The van der Waals surface area contributed by atoms with E-state index in [4.69, 9.17) is 0 Å². The van der Waals surface area contributed by atoms with Gasteiger partial charge < -0.3 is 4.98 Å². The van der Waals surface area contributed by atoms with E-state index in [1.165, 1.54) is 18.6 Å². The Morgan fingerprint density at radius 2 is 2.12 bits per heavy atom. The first kappa shape index (κ1) is 11.3. The van der Waals surface area contributed by atoms with Crippen LogP contribution in [-0.2, 0) is 10.0 Å². The van der Waals surface area contributed by atoms with Gasteiger partial charge in [-0.25, -0.2) is 8.42 Å². The van der Waals surface area contributed by atoms with E-state index in [1.54, 1.807) is 12.1 Å². The largest absolute Gasteiger partial charge is 0.366 e. The summed E-state index contributed by atoms with van der Waals surface area (Å²) in [6.07, 6.45) is 5.38. The van der Waals surface area contributed by atoms with Crippen LogP contribution >= 0.6 is 0 Å². The van der Waals surface area contributed by atoms with Crippen LogP contribution in [0.15, 0.2) is 52.7 Å². The fourth-order valence-electron chi connectivity index (χ4n) is 1.24. The smallest absolute Gasteiger partial charge is 0.267 e. The van der Waals surface area contributed by atoms with Gasteiger partial charge in [0.05, 0.1) is 11.9 Å². The maximum atomic E-state index is 11.9. The summed E-state index contributed by atoms with van der Waals surface area (Å²) in [7, 11) is -3.88. The molecule has 2 heterocycles. The van der Waals surface area contributed by atoms with E-state index in [0.717, 1.165) is 12.3 Å². The van der Waals surface area contributed by atoms with Crippen LogP contribution in [0.2, 0.25) is 0 Å². The number of sulfonamides is 1. The average molecular weight is 251 g/mol. The van der Waals surface area contributed by atoms with Gasteiger partial charge in [-0.3, -0.25) is 14.5 Å². The lowest BCUT2D eigenvalue weighted by atomic mass is 10.4. The third kappa shape index (κ3) is 2.51. The Hall–Kier alpha value is -2.15. The molecule has 2 N–H and O–H groups in total. The molecule has 0 bridgehead atoms.